The Balaban J connectivity index is 1.14. The maximum absolute atomic E-state index is 12.8. The van der Waals surface area contributed by atoms with Gasteiger partial charge in [0.1, 0.15) is 6.33 Å². The molecule has 0 aliphatic carbocycles. The van der Waals surface area contributed by atoms with Gasteiger partial charge in [0.15, 0.2) is 5.69 Å². The molecular weight excluding hydrogens is 418 g/mol. The number of rotatable bonds is 5. The summed E-state index contributed by atoms with van der Waals surface area (Å²) in [6.45, 7) is 12.6. The molecule has 9 nitrogen and oxygen atoms in total. The molecule has 1 fully saturated rings. The van der Waals surface area contributed by atoms with Crippen molar-refractivity contribution in [3.05, 3.63) is 76.9 Å². The van der Waals surface area contributed by atoms with E-state index < -0.39 is 0 Å². The van der Waals surface area contributed by atoms with Crippen LogP contribution in [0.25, 0.3) is 10.5 Å². The zero-order valence-corrected chi connectivity index (χ0v) is 18.3. The maximum atomic E-state index is 12.8. The minimum absolute atomic E-state index is 0.151. The molecule has 1 aromatic heterocycles. The van der Waals surface area contributed by atoms with Crippen LogP contribution in [0.2, 0.25) is 0 Å². The van der Waals surface area contributed by atoms with Crippen LogP contribution in [-0.4, -0.2) is 75.2 Å². The van der Waals surface area contributed by atoms with E-state index in [0.29, 0.717) is 25.3 Å². The van der Waals surface area contributed by atoms with Crippen LogP contribution in [-0.2, 0) is 22.6 Å². The van der Waals surface area contributed by atoms with Gasteiger partial charge in [0.2, 0.25) is 5.91 Å². The second-order valence-corrected chi connectivity index (χ2v) is 8.45. The molecule has 1 unspecified atom stereocenters. The molecule has 3 heterocycles. The number of piperazine rings is 1. The summed E-state index contributed by atoms with van der Waals surface area (Å²) < 4.78 is 7.39. The Labute approximate surface area is 192 Å². The molecule has 3 aromatic rings. The maximum Gasteiger partial charge on any atom is 0.227 e. The average molecular weight is 444 g/mol. The van der Waals surface area contributed by atoms with Crippen molar-refractivity contribution in [1.82, 2.24) is 30.0 Å². The van der Waals surface area contributed by atoms with Gasteiger partial charge in [-0.05, 0) is 39.2 Å². The van der Waals surface area contributed by atoms with E-state index in [9.17, 15) is 4.79 Å². The van der Waals surface area contributed by atoms with Crippen molar-refractivity contribution in [3.8, 4) is 5.69 Å². The number of benzene rings is 2. The molecule has 33 heavy (non-hydrogen) atoms. The standard InChI is InChI=1S/C24H25N7O2/c1-25-23-4-2-3-21-19(15-33-16-22(21)23)14-29-9-11-30(12-10-29)24(32)13-18-5-7-20(8-6-18)31-17-26-27-28-31/h2-8,17,19H,9-16H2. The number of nitrogens with zero attached hydrogens (tertiary/aromatic N) is 7. The van der Waals surface area contributed by atoms with Crippen molar-refractivity contribution in [3.63, 3.8) is 0 Å². The molecule has 0 bridgehead atoms. The monoisotopic (exact) mass is 443 g/mol. The highest BCUT2D eigenvalue weighted by molar-refractivity contribution is 5.79. The summed E-state index contributed by atoms with van der Waals surface area (Å²) >= 11 is 0. The summed E-state index contributed by atoms with van der Waals surface area (Å²) in [7, 11) is 0. The zero-order chi connectivity index (χ0) is 22.6. The van der Waals surface area contributed by atoms with E-state index in [4.69, 9.17) is 11.3 Å². The van der Waals surface area contributed by atoms with Crippen LogP contribution in [0.3, 0.4) is 0 Å². The fourth-order valence-corrected chi connectivity index (χ4v) is 4.60. The van der Waals surface area contributed by atoms with Crippen LogP contribution < -0.4 is 0 Å². The molecule has 1 saturated heterocycles. The second kappa shape index (κ2) is 9.48. The highest BCUT2D eigenvalue weighted by Gasteiger charge is 2.27. The van der Waals surface area contributed by atoms with Gasteiger partial charge in [-0.15, -0.1) is 5.10 Å². The molecule has 168 valence electrons. The summed E-state index contributed by atoms with van der Waals surface area (Å²) in [5.74, 6) is 0.411. The quantitative estimate of drug-likeness (QED) is 0.563. The van der Waals surface area contributed by atoms with Gasteiger partial charge in [-0.1, -0.05) is 30.3 Å². The minimum atomic E-state index is 0.151. The normalized spacial score (nSPS) is 18.5. The Morgan fingerprint density at radius 3 is 2.67 bits per heavy atom. The number of hydrogen-bond donors (Lipinski definition) is 0. The molecule has 0 radical (unpaired) electrons. The Hall–Kier alpha value is -3.61. The Morgan fingerprint density at radius 1 is 1.12 bits per heavy atom. The first kappa shape index (κ1) is 21.2. The summed E-state index contributed by atoms with van der Waals surface area (Å²) in [5, 5.41) is 11.2. The molecular formula is C24H25N7O2. The fourth-order valence-electron chi connectivity index (χ4n) is 4.60. The van der Waals surface area contributed by atoms with E-state index in [1.165, 1.54) is 5.56 Å². The lowest BCUT2D eigenvalue weighted by Gasteiger charge is -2.38. The predicted octanol–water partition coefficient (Wildman–Crippen LogP) is 2.21. The first-order valence-electron chi connectivity index (χ1n) is 11.1. The second-order valence-electron chi connectivity index (χ2n) is 8.45. The molecule has 0 N–H and O–H groups in total. The van der Waals surface area contributed by atoms with Crippen LogP contribution in [0.5, 0.6) is 0 Å². The Morgan fingerprint density at radius 2 is 1.94 bits per heavy atom. The highest BCUT2D eigenvalue weighted by Crippen LogP contribution is 2.33. The van der Waals surface area contributed by atoms with Crippen LogP contribution in [0, 0.1) is 6.57 Å². The van der Waals surface area contributed by atoms with Crippen molar-refractivity contribution < 1.29 is 9.53 Å². The topological polar surface area (TPSA) is 80.7 Å². The average Bonchev–Trinajstić information content (AvgIpc) is 3.40. The van der Waals surface area contributed by atoms with Crippen molar-refractivity contribution in [2.24, 2.45) is 0 Å². The van der Waals surface area contributed by atoms with Crippen molar-refractivity contribution >= 4 is 11.6 Å². The largest absolute Gasteiger partial charge is 0.377 e. The lowest BCUT2D eigenvalue weighted by atomic mass is 9.91. The number of amides is 1. The Kier molecular flexibility index (Phi) is 6.11. The summed E-state index contributed by atoms with van der Waals surface area (Å²) in [6, 6.07) is 13.7. The fraction of sp³-hybridized carbons (Fsp3) is 0.375. The van der Waals surface area contributed by atoms with Gasteiger partial charge in [-0.3, -0.25) is 9.69 Å². The third-order valence-electron chi connectivity index (χ3n) is 6.42. The molecule has 5 rings (SSSR count). The molecule has 1 atom stereocenters. The SMILES string of the molecule is [C-]#[N+]c1cccc2c1COCC2CN1CCN(C(=O)Cc2ccc(-n3cnnn3)cc2)CC1. The number of hydrogen-bond acceptors (Lipinski definition) is 6. The van der Waals surface area contributed by atoms with Gasteiger partial charge in [0.05, 0.1) is 31.9 Å². The van der Waals surface area contributed by atoms with Gasteiger partial charge >= 0.3 is 0 Å². The minimum Gasteiger partial charge on any atom is -0.377 e. The smallest absolute Gasteiger partial charge is 0.227 e. The number of fused-ring (bicyclic) bond motifs is 1. The van der Waals surface area contributed by atoms with E-state index in [1.807, 2.05) is 41.3 Å². The molecule has 2 aliphatic rings. The van der Waals surface area contributed by atoms with Gasteiger partial charge in [0.25, 0.3) is 0 Å². The first-order chi connectivity index (χ1) is 16.2. The van der Waals surface area contributed by atoms with Crippen LogP contribution in [0.4, 0.5) is 5.69 Å². The third-order valence-corrected chi connectivity index (χ3v) is 6.42. The highest BCUT2D eigenvalue weighted by atomic mass is 16.5. The molecule has 0 saturated carbocycles. The van der Waals surface area contributed by atoms with E-state index in [2.05, 4.69) is 31.3 Å². The molecule has 2 aliphatic heterocycles. The van der Waals surface area contributed by atoms with Crippen molar-refractivity contribution in [2.45, 2.75) is 18.9 Å². The van der Waals surface area contributed by atoms with Crippen LogP contribution in [0.15, 0.2) is 48.8 Å². The third kappa shape index (κ3) is 4.62. The predicted molar refractivity (Wildman–Crippen MR) is 121 cm³/mol. The van der Waals surface area contributed by atoms with E-state index in [0.717, 1.165) is 49.5 Å². The summed E-state index contributed by atoms with van der Waals surface area (Å²) in [6.07, 6.45) is 1.93. The van der Waals surface area contributed by atoms with Crippen LogP contribution >= 0.6 is 0 Å². The van der Waals surface area contributed by atoms with E-state index in [1.54, 1.807) is 11.0 Å². The van der Waals surface area contributed by atoms with E-state index >= 15 is 0 Å². The first-order valence-corrected chi connectivity index (χ1v) is 11.1. The molecule has 0 spiro atoms. The lowest BCUT2D eigenvalue weighted by Crippen LogP contribution is -2.50. The van der Waals surface area contributed by atoms with Gasteiger partial charge in [-0.25, -0.2) is 9.53 Å². The number of carbonyl (C=O) groups is 1. The van der Waals surface area contributed by atoms with Gasteiger partial charge < -0.3 is 9.64 Å². The number of aromatic nitrogens is 4. The Bertz CT molecular complexity index is 1150. The van der Waals surface area contributed by atoms with Crippen molar-refractivity contribution in [2.75, 3.05) is 39.3 Å². The lowest BCUT2D eigenvalue weighted by molar-refractivity contribution is -0.132. The molecule has 1 amide bonds. The van der Waals surface area contributed by atoms with Gasteiger partial charge in [0, 0.05) is 38.6 Å². The number of tetrazole rings is 1. The summed E-state index contributed by atoms with van der Waals surface area (Å²) in [5.41, 5.74) is 4.80. The van der Waals surface area contributed by atoms with Gasteiger partial charge in [-0.2, -0.15) is 0 Å². The number of carbonyl (C=O) groups excluding carboxylic acids is 1. The summed E-state index contributed by atoms with van der Waals surface area (Å²) in [4.78, 5) is 20.8. The number of ether oxygens (including phenoxy) is 1. The molecule has 2 aromatic carbocycles. The van der Waals surface area contributed by atoms with Crippen LogP contribution in [0.1, 0.15) is 22.6 Å². The van der Waals surface area contributed by atoms with Crippen molar-refractivity contribution in [1.29, 1.82) is 0 Å². The van der Waals surface area contributed by atoms with E-state index in [-0.39, 0.29) is 11.8 Å². The molecule has 9 heteroatoms. The zero-order valence-electron chi connectivity index (χ0n) is 18.3.